The minimum atomic E-state index is -0.578. The lowest BCUT2D eigenvalue weighted by Crippen LogP contribution is -2.24. The SMILES string of the molecule is C=CCC(C)NCc1ccc(O)c(F)c1. The van der Waals surface area contributed by atoms with Crippen LogP contribution in [-0.2, 0) is 6.54 Å². The molecule has 3 heteroatoms. The lowest BCUT2D eigenvalue weighted by Gasteiger charge is -2.11. The van der Waals surface area contributed by atoms with Gasteiger partial charge in [-0.05, 0) is 31.0 Å². The Hall–Kier alpha value is -1.35. The molecule has 0 aliphatic rings. The number of phenols is 1. The first kappa shape index (κ1) is 11.7. The Bertz CT molecular complexity index is 338. The second-order valence-electron chi connectivity index (χ2n) is 3.59. The molecular formula is C12H16FNO. The van der Waals surface area contributed by atoms with Gasteiger partial charge < -0.3 is 10.4 Å². The maximum atomic E-state index is 13.0. The normalized spacial score (nSPS) is 12.4. The van der Waals surface area contributed by atoms with Crippen molar-refractivity contribution < 1.29 is 9.50 Å². The summed E-state index contributed by atoms with van der Waals surface area (Å²) < 4.78 is 13.0. The van der Waals surface area contributed by atoms with Crippen molar-refractivity contribution in [1.82, 2.24) is 5.32 Å². The Balaban J connectivity index is 2.50. The van der Waals surface area contributed by atoms with E-state index in [4.69, 9.17) is 5.11 Å². The number of aromatic hydroxyl groups is 1. The fourth-order valence-corrected chi connectivity index (χ4v) is 1.29. The molecule has 1 aromatic carbocycles. The number of halogens is 1. The first-order valence-electron chi connectivity index (χ1n) is 4.95. The highest BCUT2D eigenvalue weighted by molar-refractivity contribution is 5.27. The fourth-order valence-electron chi connectivity index (χ4n) is 1.29. The van der Waals surface area contributed by atoms with Crippen molar-refractivity contribution in [1.29, 1.82) is 0 Å². The molecule has 0 saturated carbocycles. The van der Waals surface area contributed by atoms with Gasteiger partial charge in [-0.2, -0.15) is 0 Å². The summed E-state index contributed by atoms with van der Waals surface area (Å²) >= 11 is 0. The molecule has 0 aliphatic heterocycles. The molecule has 0 amide bonds. The summed E-state index contributed by atoms with van der Waals surface area (Å²) in [4.78, 5) is 0. The van der Waals surface area contributed by atoms with Crippen molar-refractivity contribution in [3.05, 3.63) is 42.2 Å². The summed E-state index contributed by atoms with van der Waals surface area (Å²) in [5.74, 6) is -0.886. The molecule has 15 heavy (non-hydrogen) atoms. The van der Waals surface area contributed by atoms with E-state index in [2.05, 4.69) is 11.9 Å². The van der Waals surface area contributed by atoms with Crippen LogP contribution in [0.1, 0.15) is 18.9 Å². The first-order valence-corrected chi connectivity index (χ1v) is 4.95. The molecule has 1 unspecified atom stereocenters. The molecule has 82 valence electrons. The topological polar surface area (TPSA) is 32.3 Å². The summed E-state index contributed by atoms with van der Waals surface area (Å²) in [6, 6.07) is 4.72. The highest BCUT2D eigenvalue weighted by Crippen LogP contribution is 2.16. The van der Waals surface area contributed by atoms with E-state index < -0.39 is 5.82 Å². The van der Waals surface area contributed by atoms with Gasteiger partial charge in [-0.3, -0.25) is 0 Å². The Morgan fingerprint density at radius 3 is 2.93 bits per heavy atom. The molecule has 0 spiro atoms. The van der Waals surface area contributed by atoms with Gasteiger partial charge in [0, 0.05) is 12.6 Å². The van der Waals surface area contributed by atoms with Gasteiger partial charge in [0.25, 0.3) is 0 Å². The highest BCUT2D eigenvalue weighted by Gasteiger charge is 2.03. The summed E-state index contributed by atoms with van der Waals surface area (Å²) in [5, 5.41) is 12.2. The van der Waals surface area contributed by atoms with E-state index in [-0.39, 0.29) is 5.75 Å². The Morgan fingerprint density at radius 1 is 1.60 bits per heavy atom. The average Bonchev–Trinajstić information content (AvgIpc) is 2.20. The monoisotopic (exact) mass is 209 g/mol. The quantitative estimate of drug-likeness (QED) is 0.730. The van der Waals surface area contributed by atoms with Gasteiger partial charge in [0.15, 0.2) is 11.6 Å². The van der Waals surface area contributed by atoms with Crippen LogP contribution in [0.4, 0.5) is 4.39 Å². The number of phenolic OH excluding ortho intramolecular Hbond substituents is 1. The van der Waals surface area contributed by atoms with Crippen LogP contribution in [0.25, 0.3) is 0 Å². The molecule has 0 aromatic heterocycles. The molecule has 0 heterocycles. The van der Waals surface area contributed by atoms with E-state index >= 15 is 0 Å². The molecule has 0 bridgehead atoms. The van der Waals surface area contributed by atoms with E-state index in [1.165, 1.54) is 12.1 Å². The van der Waals surface area contributed by atoms with Gasteiger partial charge in [0.2, 0.25) is 0 Å². The van der Waals surface area contributed by atoms with Crippen molar-refractivity contribution in [2.24, 2.45) is 0 Å². The molecule has 2 N–H and O–H groups in total. The molecule has 1 atom stereocenters. The zero-order valence-corrected chi connectivity index (χ0v) is 8.83. The van der Waals surface area contributed by atoms with Crippen LogP contribution in [0.15, 0.2) is 30.9 Å². The Morgan fingerprint density at radius 2 is 2.33 bits per heavy atom. The van der Waals surface area contributed by atoms with Crippen molar-refractivity contribution in [2.45, 2.75) is 25.9 Å². The summed E-state index contributed by atoms with van der Waals surface area (Å²) in [6.45, 7) is 6.28. The van der Waals surface area contributed by atoms with Crippen LogP contribution in [0.2, 0.25) is 0 Å². The molecule has 1 rings (SSSR count). The van der Waals surface area contributed by atoms with Gasteiger partial charge in [-0.1, -0.05) is 12.1 Å². The predicted molar refractivity (Wildman–Crippen MR) is 59.2 cm³/mol. The van der Waals surface area contributed by atoms with E-state index in [1.807, 2.05) is 13.0 Å². The van der Waals surface area contributed by atoms with E-state index in [0.717, 1.165) is 12.0 Å². The molecule has 0 fully saturated rings. The van der Waals surface area contributed by atoms with Crippen molar-refractivity contribution in [3.63, 3.8) is 0 Å². The molecule has 0 radical (unpaired) electrons. The van der Waals surface area contributed by atoms with E-state index in [1.54, 1.807) is 6.07 Å². The van der Waals surface area contributed by atoms with Gasteiger partial charge in [-0.25, -0.2) is 4.39 Å². The maximum Gasteiger partial charge on any atom is 0.165 e. The maximum absolute atomic E-state index is 13.0. The third-order valence-electron chi connectivity index (χ3n) is 2.19. The van der Waals surface area contributed by atoms with Crippen molar-refractivity contribution in [3.8, 4) is 5.75 Å². The molecular weight excluding hydrogens is 193 g/mol. The van der Waals surface area contributed by atoms with Crippen molar-refractivity contribution in [2.75, 3.05) is 0 Å². The van der Waals surface area contributed by atoms with Crippen LogP contribution in [-0.4, -0.2) is 11.1 Å². The Labute approximate surface area is 89.4 Å². The third-order valence-corrected chi connectivity index (χ3v) is 2.19. The lowest BCUT2D eigenvalue weighted by molar-refractivity contribution is 0.431. The zero-order chi connectivity index (χ0) is 11.3. The Kier molecular flexibility index (Phi) is 4.31. The third kappa shape index (κ3) is 3.72. The van der Waals surface area contributed by atoms with Gasteiger partial charge in [0.05, 0.1) is 0 Å². The van der Waals surface area contributed by atoms with Crippen LogP contribution in [0.3, 0.4) is 0 Å². The molecule has 0 aliphatic carbocycles. The zero-order valence-electron chi connectivity index (χ0n) is 8.83. The van der Waals surface area contributed by atoms with Gasteiger partial charge in [-0.15, -0.1) is 6.58 Å². The molecule has 2 nitrogen and oxygen atoms in total. The standard InChI is InChI=1S/C12H16FNO/c1-3-4-9(2)14-8-10-5-6-12(15)11(13)7-10/h3,5-7,9,14-15H,1,4,8H2,2H3. The number of nitrogens with one attached hydrogen (secondary N) is 1. The van der Waals surface area contributed by atoms with E-state index in [9.17, 15) is 4.39 Å². The fraction of sp³-hybridized carbons (Fsp3) is 0.333. The lowest BCUT2D eigenvalue weighted by atomic mass is 10.2. The van der Waals surface area contributed by atoms with Crippen LogP contribution in [0.5, 0.6) is 5.75 Å². The second-order valence-corrected chi connectivity index (χ2v) is 3.59. The number of hydrogen-bond acceptors (Lipinski definition) is 2. The summed E-state index contributed by atoms with van der Waals surface area (Å²) in [7, 11) is 0. The highest BCUT2D eigenvalue weighted by atomic mass is 19.1. The van der Waals surface area contributed by atoms with Crippen LogP contribution < -0.4 is 5.32 Å². The van der Waals surface area contributed by atoms with Crippen LogP contribution in [0, 0.1) is 5.82 Å². The minimum Gasteiger partial charge on any atom is -0.505 e. The smallest absolute Gasteiger partial charge is 0.165 e. The molecule has 1 aromatic rings. The van der Waals surface area contributed by atoms with Gasteiger partial charge >= 0.3 is 0 Å². The number of benzene rings is 1. The van der Waals surface area contributed by atoms with Crippen LogP contribution >= 0.6 is 0 Å². The number of rotatable bonds is 5. The average molecular weight is 209 g/mol. The summed E-state index contributed by atoms with van der Waals surface area (Å²) in [5.41, 5.74) is 0.821. The second kappa shape index (κ2) is 5.51. The largest absolute Gasteiger partial charge is 0.505 e. The summed E-state index contributed by atoms with van der Waals surface area (Å²) in [6.07, 6.45) is 2.72. The van der Waals surface area contributed by atoms with E-state index in [0.29, 0.717) is 12.6 Å². The van der Waals surface area contributed by atoms with Gasteiger partial charge in [0.1, 0.15) is 0 Å². The number of hydrogen-bond donors (Lipinski definition) is 2. The minimum absolute atomic E-state index is 0.308. The molecule has 0 saturated heterocycles. The first-order chi connectivity index (χ1) is 7.13. The predicted octanol–water partition coefficient (Wildman–Crippen LogP) is 2.59. The van der Waals surface area contributed by atoms with Crippen molar-refractivity contribution >= 4 is 0 Å².